The van der Waals surface area contributed by atoms with Crippen molar-refractivity contribution in [3.05, 3.63) is 75.4 Å². The number of rotatable bonds is 5. The second-order valence-electron chi connectivity index (χ2n) is 9.10. The molecule has 2 aromatic carbocycles. The van der Waals surface area contributed by atoms with Gasteiger partial charge in [-0.15, -0.1) is 0 Å². The van der Waals surface area contributed by atoms with Gasteiger partial charge in [-0.25, -0.2) is 9.59 Å². The number of fused-ring (bicyclic) bond motifs is 2. The van der Waals surface area contributed by atoms with Crippen molar-refractivity contribution < 1.29 is 36.7 Å². The Labute approximate surface area is 222 Å². The van der Waals surface area contributed by atoms with Crippen molar-refractivity contribution in [2.45, 2.75) is 52.6 Å². The third-order valence-corrected chi connectivity index (χ3v) is 6.40. The normalized spacial score (nSPS) is 14.9. The molecule has 1 amide bonds. The van der Waals surface area contributed by atoms with E-state index < -0.39 is 35.2 Å². The Balaban J connectivity index is 0.000000252. The van der Waals surface area contributed by atoms with Gasteiger partial charge in [0.05, 0.1) is 23.4 Å². The van der Waals surface area contributed by atoms with Gasteiger partial charge in [-0.3, -0.25) is 19.1 Å². The molecule has 39 heavy (non-hydrogen) atoms. The molecule has 208 valence electrons. The fraction of sp³-hybridized carbons (Fsp3) is 0.357. The molecule has 1 heterocycles. The number of nitrogens with zero attached hydrogens (tertiary/aromatic N) is 2. The number of Topliss-reactive ketones (excluding diaryl/α,β-unsaturated/α-hetero) is 1. The first kappa shape index (κ1) is 29.4. The van der Waals surface area contributed by atoms with Gasteiger partial charge in [-0.05, 0) is 61.9 Å². The number of benzene rings is 2. The number of carbonyl (C=O) groups excluding carboxylic acids is 3. The van der Waals surface area contributed by atoms with Gasteiger partial charge in [0.15, 0.2) is 11.4 Å². The minimum Gasteiger partial charge on any atom is -0.462 e. The lowest BCUT2D eigenvalue weighted by Gasteiger charge is -2.18. The quantitative estimate of drug-likeness (QED) is 0.187. The highest BCUT2D eigenvalue weighted by Gasteiger charge is 2.36. The number of ether oxygens (including phenoxy) is 1. The van der Waals surface area contributed by atoms with Crippen molar-refractivity contribution >= 4 is 34.4 Å². The van der Waals surface area contributed by atoms with Crippen LogP contribution in [-0.2, 0) is 38.8 Å². The Morgan fingerprint density at radius 3 is 2.46 bits per heavy atom. The van der Waals surface area contributed by atoms with Crippen LogP contribution >= 0.6 is 0 Å². The van der Waals surface area contributed by atoms with Crippen molar-refractivity contribution in [1.82, 2.24) is 4.57 Å². The largest absolute Gasteiger partial charge is 0.462 e. The van der Waals surface area contributed by atoms with Gasteiger partial charge in [-0.2, -0.15) is 13.2 Å². The van der Waals surface area contributed by atoms with E-state index in [1.165, 1.54) is 36.6 Å². The van der Waals surface area contributed by atoms with E-state index in [4.69, 9.17) is 9.15 Å². The Bertz CT molecular complexity index is 1500. The summed E-state index contributed by atoms with van der Waals surface area (Å²) in [7, 11) is 1.56. The maximum atomic E-state index is 12.6. The van der Waals surface area contributed by atoms with E-state index in [0.717, 1.165) is 23.1 Å². The van der Waals surface area contributed by atoms with Crippen molar-refractivity contribution in [2.24, 2.45) is 7.05 Å². The zero-order valence-corrected chi connectivity index (χ0v) is 22.2. The molecule has 0 fully saturated rings. The molecule has 1 aromatic heterocycles. The first-order valence-corrected chi connectivity index (χ1v) is 12.2. The number of ketones is 1. The summed E-state index contributed by atoms with van der Waals surface area (Å²) in [5, 5.41) is 0. The monoisotopic (exact) mass is 546 g/mol. The van der Waals surface area contributed by atoms with Crippen LogP contribution in [0.25, 0.3) is 11.1 Å². The van der Waals surface area contributed by atoms with Gasteiger partial charge >= 0.3 is 17.9 Å². The molecule has 1 aliphatic rings. The lowest BCUT2D eigenvalue weighted by Crippen LogP contribution is -2.26. The Hall–Kier alpha value is -4.15. The zero-order chi connectivity index (χ0) is 29.1. The molecule has 1 atom stereocenters. The van der Waals surface area contributed by atoms with Crippen LogP contribution in [0.1, 0.15) is 56.7 Å². The summed E-state index contributed by atoms with van der Waals surface area (Å²) < 4.78 is 49.0. The number of halogens is 3. The molecule has 8 nitrogen and oxygen atoms in total. The van der Waals surface area contributed by atoms with Crippen molar-refractivity contribution in [3.63, 3.8) is 0 Å². The molecule has 4 rings (SSSR count). The molecule has 0 aliphatic heterocycles. The number of carbonyl (C=O) groups is 3. The van der Waals surface area contributed by atoms with Gasteiger partial charge in [0.2, 0.25) is 5.91 Å². The number of esters is 1. The molecule has 0 saturated carbocycles. The summed E-state index contributed by atoms with van der Waals surface area (Å²) in [6.45, 7) is 6.19. The average molecular weight is 547 g/mol. The smallest absolute Gasteiger partial charge is 0.419 e. The fourth-order valence-corrected chi connectivity index (χ4v) is 4.37. The number of hydrogen-bond acceptors (Lipinski definition) is 6. The van der Waals surface area contributed by atoms with Crippen LogP contribution in [-0.4, -0.2) is 28.8 Å². The molecule has 3 aromatic rings. The highest BCUT2D eigenvalue weighted by Crippen LogP contribution is 2.40. The number of alkyl halides is 3. The zero-order valence-electron chi connectivity index (χ0n) is 22.2. The standard InChI is InChI=1S/C17H18N2O6.C11H11F3/c1-5-24-16(22)13(10(2)20)9-19(11(3)21)12-6-7-14-15(8-12)25-17(23)18(14)4;1-7-5-6-9-8(7)3-2-4-10(9)11(12,13)14/h6-9H,5H2,1-4H3;2-4,7H,5-6H2,1H3/b13-9+;. The lowest BCUT2D eigenvalue weighted by atomic mass is 10.00. The number of anilines is 1. The minimum atomic E-state index is -4.20. The molecule has 0 N–H and O–H groups in total. The van der Waals surface area contributed by atoms with E-state index in [1.807, 2.05) is 13.0 Å². The third kappa shape index (κ3) is 6.47. The summed E-state index contributed by atoms with van der Waals surface area (Å²) in [6.07, 6.45) is -1.67. The molecule has 0 spiro atoms. The van der Waals surface area contributed by atoms with Crippen molar-refractivity contribution in [1.29, 1.82) is 0 Å². The number of aromatic nitrogens is 1. The van der Waals surface area contributed by atoms with Gasteiger partial charge < -0.3 is 9.15 Å². The Kier molecular flexibility index (Phi) is 8.83. The van der Waals surface area contributed by atoms with Crippen LogP contribution in [0.2, 0.25) is 0 Å². The minimum absolute atomic E-state index is 0.102. The summed E-state index contributed by atoms with van der Waals surface area (Å²) in [5.41, 5.74) is 1.86. The molecule has 1 aliphatic carbocycles. The van der Waals surface area contributed by atoms with E-state index in [2.05, 4.69) is 0 Å². The Morgan fingerprint density at radius 1 is 1.18 bits per heavy atom. The number of aryl methyl sites for hydroxylation is 1. The Morgan fingerprint density at radius 2 is 1.87 bits per heavy atom. The van der Waals surface area contributed by atoms with Crippen molar-refractivity contribution in [3.8, 4) is 0 Å². The van der Waals surface area contributed by atoms with Crippen LogP contribution in [0.15, 0.2) is 57.4 Å². The summed E-state index contributed by atoms with van der Waals surface area (Å²) in [6, 6.07) is 9.16. The molecule has 0 saturated heterocycles. The summed E-state index contributed by atoms with van der Waals surface area (Å²) in [4.78, 5) is 48.4. The first-order valence-electron chi connectivity index (χ1n) is 12.2. The van der Waals surface area contributed by atoms with Crippen LogP contribution in [0.5, 0.6) is 0 Å². The van der Waals surface area contributed by atoms with Crippen LogP contribution in [0, 0.1) is 0 Å². The van der Waals surface area contributed by atoms with E-state index in [-0.39, 0.29) is 23.7 Å². The topological polar surface area (TPSA) is 98.8 Å². The predicted octanol–water partition coefficient (Wildman–Crippen LogP) is 5.28. The lowest BCUT2D eigenvalue weighted by molar-refractivity contribution is -0.140. The average Bonchev–Trinajstić information content (AvgIpc) is 3.37. The highest BCUT2D eigenvalue weighted by atomic mass is 19.4. The number of oxazole rings is 1. The maximum Gasteiger partial charge on any atom is 0.419 e. The molecule has 0 radical (unpaired) electrons. The van der Waals surface area contributed by atoms with Gasteiger partial charge in [0, 0.05) is 26.2 Å². The van der Waals surface area contributed by atoms with Gasteiger partial charge in [0.25, 0.3) is 0 Å². The van der Waals surface area contributed by atoms with Gasteiger partial charge in [0.1, 0.15) is 5.57 Å². The van der Waals surface area contributed by atoms with E-state index >= 15 is 0 Å². The van der Waals surface area contributed by atoms with E-state index in [9.17, 15) is 32.3 Å². The van der Waals surface area contributed by atoms with Crippen LogP contribution < -0.4 is 10.7 Å². The maximum absolute atomic E-state index is 12.6. The molecular formula is C28H29F3N2O6. The second-order valence-corrected chi connectivity index (χ2v) is 9.10. The van der Waals surface area contributed by atoms with Crippen LogP contribution in [0.3, 0.4) is 0 Å². The molecule has 0 bridgehead atoms. The van der Waals surface area contributed by atoms with Gasteiger partial charge in [-0.1, -0.05) is 19.1 Å². The second kappa shape index (κ2) is 11.7. The molecule has 1 unspecified atom stereocenters. The molecular weight excluding hydrogens is 517 g/mol. The number of hydrogen-bond donors (Lipinski definition) is 0. The predicted molar refractivity (Wildman–Crippen MR) is 138 cm³/mol. The third-order valence-electron chi connectivity index (χ3n) is 6.40. The summed E-state index contributed by atoms with van der Waals surface area (Å²) >= 11 is 0. The van der Waals surface area contributed by atoms with E-state index in [0.29, 0.717) is 23.2 Å². The highest BCUT2D eigenvalue weighted by molar-refractivity contribution is 6.17. The summed E-state index contributed by atoms with van der Waals surface area (Å²) in [5.74, 6) is -2.04. The molecule has 11 heteroatoms. The fourth-order valence-electron chi connectivity index (χ4n) is 4.37. The first-order chi connectivity index (χ1) is 18.3. The van der Waals surface area contributed by atoms with Crippen LogP contribution in [0.4, 0.5) is 18.9 Å². The van der Waals surface area contributed by atoms with E-state index in [1.54, 1.807) is 26.1 Å². The SMILES string of the molecule is CC1CCc2c1cccc2C(F)(F)F.CCOC(=O)/C(=C/N(C(C)=O)c1ccc2c(c1)oc(=O)n2C)C(C)=O. The number of amides is 1. The van der Waals surface area contributed by atoms with Crippen molar-refractivity contribution in [2.75, 3.05) is 11.5 Å².